The zero-order chi connectivity index (χ0) is 17.6. The molecule has 0 radical (unpaired) electrons. The fourth-order valence-corrected chi connectivity index (χ4v) is 3.14. The summed E-state index contributed by atoms with van der Waals surface area (Å²) in [4.78, 5) is 4.69. The normalized spacial score (nSPS) is 14.5. The number of allylic oxidation sites excluding steroid dienone is 1. The van der Waals surface area contributed by atoms with Gasteiger partial charge < -0.3 is 10.4 Å². The van der Waals surface area contributed by atoms with E-state index in [-0.39, 0.29) is 5.76 Å². The number of nitrogens with zero attached hydrogens (tertiary/aromatic N) is 3. The van der Waals surface area contributed by atoms with Gasteiger partial charge in [-0.3, -0.25) is 0 Å². The molecule has 1 aliphatic heterocycles. The molecule has 0 bridgehead atoms. The fourth-order valence-electron chi connectivity index (χ4n) is 3.14. The Bertz CT molecular complexity index is 766. The van der Waals surface area contributed by atoms with Gasteiger partial charge in [0, 0.05) is 17.7 Å². The summed E-state index contributed by atoms with van der Waals surface area (Å²) in [6.07, 6.45) is 8.24. The summed E-state index contributed by atoms with van der Waals surface area (Å²) < 4.78 is 0. The van der Waals surface area contributed by atoms with Gasteiger partial charge in [-0.25, -0.2) is 4.98 Å². The van der Waals surface area contributed by atoms with E-state index in [1.807, 2.05) is 24.3 Å². The van der Waals surface area contributed by atoms with Crippen LogP contribution in [0.15, 0.2) is 30.0 Å². The van der Waals surface area contributed by atoms with Crippen LogP contribution in [0.5, 0.6) is 0 Å². The topological polar surface area (TPSA) is 70.9 Å². The van der Waals surface area contributed by atoms with Crippen molar-refractivity contribution in [2.45, 2.75) is 58.8 Å². The average Bonchev–Trinajstić information content (AvgIpc) is 2.63. The summed E-state index contributed by atoms with van der Waals surface area (Å²) in [5, 5.41) is 22.1. The van der Waals surface area contributed by atoms with E-state index < -0.39 is 0 Å². The molecule has 2 heterocycles. The minimum Gasteiger partial charge on any atom is -0.510 e. The van der Waals surface area contributed by atoms with Crippen molar-refractivity contribution in [3.8, 4) is 11.3 Å². The van der Waals surface area contributed by atoms with Gasteiger partial charge in [-0.1, -0.05) is 57.2 Å². The highest BCUT2D eigenvalue weighted by Gasteiger charge is 2.24. The van der Waals surface area contributed by atoms with Gasteiger partial charge in [0.15, 0.2) is 5.82 Å². The molecule has 2 aromatic rings. The summed E-state index contributed by atoms with van der Waals surface area (Å²) in [5.74, 6) is 0.955. The lowest BCUT2D eigenvalue weighted by molar-refractivity contribution is 0.416. The number of unbranched alkanes of at least 4 members (excludes halogenated alkanes) is 5. The van der Waals surface area contributed by atoms with Crippen LogP contribution in [0.1, 0.15) is 63.9 Å². The van der Waals surface area contributed by atoms with Crippen molar-refractivity contribution in [3.63, 3.8) is 0 Å². The number of benzene rings is 1. The average molecular weight is 338 g/mol. The van der Waals surface area contributed by atoms with Crippen LogP contribution < -0.4 is 5.32 Å². The number of fused-ring (bicyclic) bond motifs is 3. The van der Waals surface area contributed by atoms with Crippen molar-refractivity contribution in [2.75, 3.05) is 5.32 Å². The minimum absolute atomic E-state index is 0.210. The first-order chi connectivity index (χ1) is 12.2. The van der Waals surface area contributed by atoms with Crippen LogP contribution in [-0.4, -0.2) is 20.3 Å². The third kappa shape index (κ3) is 3.98. The van der Waals surface area contributed by atoms with Gasteiger partial charge in [0.1, 0.15) is 22.8 Å². The molecule has 2 N–H and O–H groups in total. The Morgan fingerprint density at radius 3 is 2.56 bits per heavy atom. The maximum absolute atomic E-state index is 10.1. The van der Waals surface area contributed by atoms with Gasteiger partial charge in [-0.15, -0.1) is 10.2 Å². The van der Waals surface area contributed by atoms with E-state index in [0.717, 1.165) is 35.6 Å². The second-order valence-corrected chi connectivity index (χ2v) is 6.57. The molecule has 25 heavy (non-hydrogen) atoms. The Kier molecular flexibility index (Phi) is 5.64. The number of aliphatic hydroxyl groups excluding tert-OH is 1. The highest BCUT2D eigenvalue weighted by molar-refractivity contribution is 5.94. The molecule has 0 aliphatic carbocycles. The molecule has 0 unspecified atom stereocenters. The SMILES string of the molecule is CCCCCCCCc1nnc2c(n1)C(=C(C)O)Nc1ccccc1-2. The predicted octanol–water partition coefficient (Wildman–Crippen LogP) is 5.11. The lowest BCUT2D eigenvalue weighted by Crippen LogP contribution is -2.15. The van der Waals surface area contributed by atoms with E-state index in [4.69, 9.17) is 4.98 Å². The molecule has 132 valence electrons. The smallest absolute Gasteiger partial charge is 0.151 e. The van der Waals surface area contributed by atoms with Crippen molar-refractivity contribution in [1.82, 2.24) is 15.2 Å². The second-order valence-electron chi connectivity index (χ2n) is 6.57. The Balaban J connectivity index is 1.79. The minimum atomic E-state index is 0.210. The molecule has 0 saturated heterocycles. The van der Waals surface area contributed by atoms with Gasteiger partial charge >= 0.3 is 0 Å². The molecule has 1 aromatic heterocycles. The van der Waals surface area contributed by atoms with E-state index in [0.29, 0.717) is 11.4 Å². The first-order valence-corrected chi connectivity index (χ1v) is 9.21. The number of aromatic nitrogens is 3. The molecule has 5 nitrogen and oxygen atoms in total. The highest BCUT2D eigenvalue weighted by atomic mass is 16.3. The predicted molar refractivity (Wildman–Crippen MR) is 101 cm³/mol. The highest BCUT2D eigenvalue weighted by Crippen LogP contribution is 2.38. The molecule has 0 saturated carbocycles. The first-order valence-electron chi connectivity index (χ1n) is 9.21. The number of hydrogen-bond donors (Lipinski definition) is 2. The van der Waals surface area contributed by atoms with Crippen molar-refractivity contribution in [3.05, 3.63) is 41.5 Å². The van der Waals surface area contributed by atoms with Crippen LogP contribution in [0.2, 0.25) is 0 Å². The number of anilines is 1. The molecule has 0 atom stereocenters. The zero-order valence-corrected chi connectivity index (χ0v) is 15.0. The number of hydrogen-bond acceptors (Lipinski definition) is 5. The summed E-state index contributed by atoms with van der Waals surface area (Å²) in [6.45, 7) is 3.89. The van der Waals surface area contributed by atoms with E-state index in [1.54, 1.807) is 6.92 Å². The van der Waals surface area contributed by atoms with Crippen molar-refractivity contribution >= 4 is 11.4 Å². The molecule has 5 heteroatoms. The van der Waals surface area contributed by atoms with E-state index >= 15 is 0 Å². The Morgan fingerprint density at radius 1 is 1.00 bits per heavy atom. The zero-order valence-electron chi connectivity index (χ0n) is 15.0. The maximum atomic E-state index is 10.1. The van der Waals surface area contributed by atoms with Crippen LogP contribution in [0.4, 0.5) is 5.69 Å². The van der Waals surface area contributed by atoms with Gasteiger partial charge in [-0.2, -0.15) is 0 Å². The Labute approximate surface area is 149 Å². The number of para-hydroxylation sites is 1. The lowest BCUT2D eigenvalue weighted by Gasteiger charge is -2.22. The van der Waals surface area contributed by atoms with Crippen LogP contribution in [-0.2, 0) is 6.42 Å². The van der Waals surface area contributed by atoms with E-state index in [9.17, 15) is 5.11 Å². The van der Waals surface area contributed by atoms with Crippen molar-refractivity contribution in [1.29, 1.82) is 0 Å². The quantitative estimate of drug-likeness (QED) is 0.542. The first kappa shape index (κ1) is 17.4. The third-order valence-corrected chi connectivity index (χ3v) is 4.52. The van der Waals surface area contributed by atoms with Gasteiger partial charge in [-0.05, 0) is 19.4 Å². The molecular weight excluding hydrogens is 312 g/mol. The standard InChI is InChI=1S/C20H26N4O/c1-3-4-5-6-7-8-13-17-22-20-18(14(2)25)21-16-12-10-9-11-15(16)19(20)24-23-17/h9-12,21,25H,3-8,13H2,1-2H3. The number of rotatable bonds is 7. The summed E-state index contributed by atoms with van der Waals surface area (Å²) in [7, 11) is 0. The Morgan fingerprint density at radius 2 is 1.76 bits per heavy atom. The maximum Gasteiger partial charge on any atom is 0.151 e. The summed E-state index contributed by atoms with van der Waals surface area (Å²) in [6, 6.07) is 7.88. The fraction of sp³-hybridized carbons (Fsp3) is 0.450. The molecular formula is C20H26N4O. The number of nitrogens with one attached hydrogen (secondary N) is 1. The molecule has 0 spiro atoms. The second kappa shape index (κ2) is 8.10. The lowest BCUT2D eigenvalue weighted by atomic mass is 10.0. The van der Waals surface area contributed by atoms with Gasteiger partial charge in [0.05, 0.1) is 0 Å². The number of aryl methyl sites for hydroxylation is 1. The molecule has 1 aliphatic rings. The van der Waals surface area contributed by atoms with Crippen molar-refractivity contribution in [2.24, 2.45) is 0 Å². The van der Waals surface area contributed by atoms with Crippen LogP contribution in [0.25, 0.3) is 17.0 Å². The van der Waals surface area contributed by atoms with Crippen LogP contribution in [0.3, 0.4) is 0 Å². The van der Waals surface area contributed by atoms with E-state index in [1.165, 1.54) is 32.1 Å². The number of aliphatic hydroxyl groups is 1. The molecule has 3 rings (SSSR count). The molecule has 0 fully saturated rings. The van der Waals surface area contributed by atoms with Crippen molar-refractivity contribution < 1.29 is 5.11 Å². The van der Waals surface area contributed by atoms with Gasteiger partial charge in [0.2, 0.25) is 0 Å². The summed E-state index contributed by atoms with van der Waals surface area (Å²) >= 11 is 0. The van der Waals surface area contributed by atoms with Crippen LogP contribution in [0, 0.1) is 0 Å². The Hall–Kier alpha value is -2.43. The third-order valence-electron chi connectivity index (χ3n) is 4.52. The van der Waals surface area contributed by atoms with Gasteiger partial charge in [0.25, 0.3) is 0 Å². The molecule has 1 aromatic carbocycles. The largest absolute Gasteiger partial charge is 0.510 e. The van der Waals surface area contributed by atoms with Crippen LogP contribution >= 0.6 is 0 Å². The van der Waals surface area contributed by atoms with E-state index in [2.05, 4.69) is 22.4 Å². The molecule has 0 amide bonds. The monoisotopic (exact) mass is 338 g/mol. The summed E-state index contributed by atoms with van der Waals surface area (Å²) in [5.41, 5.74) is 3.92.